The number of rotatable bonds is 9. The van der Waals surface area contributed by atoms with Crippen molar-refractivity contribution in [1.82, 2.24) is 10.6 Å². The first-order valence-electron chi connectivity index (χ1n) is 9.06. The minimum Gasteiger partial charge on any atom is -0.478 e. The normalized spacial score (nSPS) is 22.9. The van der Waals surface area contributed by atoms with Crippen LogP contribution in [0.25, 0.3) is 0 Å². The molecule has 0 saturated carbocycles. The van der Waals surface area contributed by atoms with Crippen molar-refractivity contribution in [3.05, 3.63) is 34.0 Å². The molecule has 0 aliphatic heterocycles. The lowest BCUT2D eigenvalue weighted by Gasteiger charge is -2.38. The van der Waals surface area contributed by atoms with E-state index in [1.54, 1.807) is 17.4 Å². The summed E-state index contributed by atoms with van der Waals surface area (Å²) < 4.78 is 6.16. The van der Waals surface area contributed by atoms with Gasteiger partial charge in [-0.2, -0.15) is 0 Å². The number of carboxylic acids is 1. The highest BCUT2D eigenvalue weighted by atomic mass is 32.1. The van der Waals surface area contributed by atoms with E-state index in [2.05, 4.69) is 10.6 Å². The Labute approximate surface area is 158 Å². The maximum Gasteiger partial charge on any atom is 0.331 e. The van der Waals surface area contributed by atoms with Crippen LogP contribution in [0.4, 0.5) is 0 Å². The van der Waals surface area contributed by atoms with E-state index in [4.69, 9.17) is 4.74 Å². The predicted molar refractivity (Wildman–Crippen MR) is 102 cm³/mol. The largest absolute Gasteiger partial charge is 0.478 e. The third-order valence-electron chi connectivity index (χ3n) is 4.62. The van der Waals surface area contributed by atoms with Crippen molar-refractivity contribution in [3.8, 4) is 0 Å². The fraction of sp³-hybridized carbons (Fsp3) is 0.579. The molecule has 26 heavy (non-hydrogen) atoms. The van der Waals surface area contributed by atoms with Gasteiger partial charge in [0.1, 0.15) is 0 Å². The van der Waals surface area contributed by atoms with Crippen molar-refractivity contribution in [2.24, 2.45) is 0 Å². The molecule has 6 nitrogen and oxygen atoms in total. The molecular weight excluding hydrogens is 352 g/mol. The van der Waals surface area contributed by atoms with Crippen LogP contribution < -0.4 is 10.6 Å². The average molecular weight is 381 g/mol. The molecule has 1 aromatic heterocycles. The van der Waals surface area contributed by atoms with Crippen LogP contribution in [-0.2, 0) is 20.9 Å². The van der Waals surface area contributed by atoms with Gasteiger partial charge >= 0.3 is 5.97 Å². The fourth-order valence-electron chi connectivity index (χ4n) is 3.21. The second-order valence-corrected chi connectivity index (χ2v) is 7.57. The number of ether oxygens (including phenoxy) is 1. The Hall–Kier alpha value is -1.70. The van der Waals surface area contributed by atoms with Crippen LogP contribution in [0.2, 0.25) is 0 Å². The van der Waals surface area contributed by atoms with Gasteiger partial charge in [0.05, 0.1) is 18.2 Å². The zero-order valence-corrected chi connectivity index (χ0v) is 16.3. The molecule has 0 radical (unpaired) electrons. The van der Waals surface area contributed by atoms with Crippen LogP contribution in [0.1, 0.15) is 44.9 Å². The van der Waals surface area contributed by atoms with Crippen LogP contribution in [-0.4, -0.2) is 41.3 Å². The highest BCUT2D eigenvalue weighted by Gasteiger charge is 2.37. The molecule has 7 heteroatoms. The number of hydrogen-bond donors (Lipinski definition) is 3. The highest BCUT2D eigenvalue weighted by Crippen LogP contribution is 2.25. The molecule has 1 aromatic rings. The zero-order valence-electron chi connectivity index (χ0n) is 15.5. The van der Waals surface area contributed by atoms with Gasteiger partial charge in [0.15, 0.2) is 0 Å². The standard InChI is InChI=1S/C19H28N2O4S/c1-4-14(5-2)25-17-10-13(19(23)24)9-16(18(17)21-12(3)22)20-11-15-7-6-8-26-15/h6-8,10,14,16-18,20H,4-5,9,11H2,1-3H3,(H,21,22)(H,23,24)/t16-,17+,18+/m0/s1. The third-order valence-corrected chi connectivity index (χ3v) is 5.49. The smallest absolute Gasteiger partial charge is 0.331 e. The van der Waals surface area contributed by atoms with Crippen molar-refractivity contribution >= 4 is 23.2 Å². The molecule has 1 aliphatic rings. The molecule has 0 spiro atoms. The Balaban J connectivity index is 2.23. The number of thiophene rings is 1. The summed E-state index contributed by atoms with van der Waals surface area (Å²) in [5.41, 5.74) is 0.325. The Morgan fingerprint density at radius 1 is 1.38 bits per heavy atom. The molecule has 3 atom stereocenters. The summed E-state index contributed by atoms with van der Waals surface area (Å²) in [6.45, 7) is 6.18. The van der Waals surface area contributed by atoms with Gasteiger partial charge in [-0.3, -0.25) is 4.79 Å². The fourth-order valence-corrected chi connectivity index (χ4v) is 3.87. The van der Waals surface area contributed by atoms with Crippen molar-refractivity contribution < 1.29 is 19.4 Å². The summed E-state index contributed by atoms with van der Waals surface area (Å²) >= 11 is 1.64. The van der Waals surface area contributed by atoms with Crippen LogP contribution >= 0.6 is 11.3 Å². The second kappa shape index (κ2) is 9.85. The molecule has 1 heterocycles. The minimum atomic E-state index is -0.938. The molecule has 1 aliphatic carbocycles. The number of carbonyl (C=O) groups excluding carboxylic acids is 1. The summed E-state index contributed by atoms with van der Waals surface area (Å²) in [5, 5.41) is 17.9. The first-order chi connectivity index (χ1) is 12.4. The van der Waals surface area contributed by atoms with E-state index in [9.17, 15) is 14.7 Å². The molecule has 1 amide bonds. The average Bonchev–Trinajstić information content (AvgIpc) is 3.12. The van der Waals surface area contributed by atoms with Crippen LogP contribution in [0, 0.1) is 0 Å². The first kappa shape index (κ1) is 20.6. The number of aliphatic carboxylic acids is 1. The van der Waals surface area contributed by atoms with Gasteiger partial charge in [-0.1, -0.05) is 19.9 Å². The Morgan fingerprint density at radius 3 is 2.65 bits per heavy atom. The summed E-state index contributed by atoms with van der Waals surface area (Å²) in [6, 6.07) is 3.49. The van der Waals surface area contributed by atoms with E-state index in [1.165, 1.54) is 6.92 Å². The third kappa shape index (κ3) is 5.65. The Kier molecular flexibility index (Phi) is 7.81. The number of amides is 1. The Bertz CT molecular complexity index is 625. The Morgan fingerprint density at radius 2 is 2.12 bits per heavy atom. The lowest BCUT2D eigenvalue weighted by molar-refractivity contribution is -0.133. The monoisotopic (exact) mass is 380 g/mol. The summed E-state index contributed by atoms with van der Waals surface area (Å²) in [6.07, 6.45) is 3.23. The van der Waals surface area contributed by atoms with E-state index < -0.39 is 12.1 Å². The molecule has 0 saturated heterocycles. The molecule has 144 valence electrons. The van der Waals surface area contributed by atoms with Crippen LogP contribution in [0.15, 0.2) is 29.2 Å². The van der Waals surface area contributed by atoms with Gasteiger partial charge in [-0.05, 0) is 36.8 Å². The topological polar surface area (TPSA) is 87.7 Å². The molecule has 0 aromatic carbocycles. The number of hydrogen-bond acceptors (Lipinski definition) is 5. The SMILES string of the molecule is CCC(CC)O[C@@H]1C=C(C(=O)O)C[C@H](NCc2cccs2)[C@H]1NC(C)=O. The van der Waals surface area contributed by atoms with Crippen LogP contribution in [0.3, 0.4) is 0 Å². The summed E-state index contributed by atoms with van der Waals surface area (Å²) in [7, 11) is 0. The van der Waals surface area contributed by atoms with Crippen molar-refractivity contribution in [1.29, 1.82) is 0 Å². The molecular formula is C19H28N2O4S. The molecule has 0 fully saturated rings. The van der Waals surface area contributed by atoms with Crippen molar-refractivity contribution in [2.45, 2.75) is 70.9 Å². The summed E-state index contributed by atoms with van der Waals surface area (Å²) in [4.78, 5) is 24.5. The van der Waals surface area contributed by atoms with Crippen LogP contribution in [0.5, 0.6) is 0 Å². The molecule has 3 N–H and O–H groups in total. The van der Waals surface area contributed by atoms with Gasteiger partial charge in [0.2, 0.25) is 5.91 Å². The maximum atomic E-state index is 11.7. The van der Waals surface area contributed by atoms with Gasteiger partial charge in [-0.15, -0.1) is 11.3 Å². The van der Waals surface area contributed by atoms with E-state index >= 15 is 0 Å². The van der Waals surface area contributed by atoms with Gasteiger partial charge in [0, 0.05) is 30.0 Å². The maximum absolute atomic E-state index is 11.7. The van der Waals surface area contributed by atoms with E-state index in [1.807, 2.05) is 31.4 Å². The summed E-state index contributed by atoms with van der Waals surface area (Å²) in [5.74, 6) is -1.09. The predicted octanol–water partition coefficient (Wildman–Crippen LogP) is 2.70. The zero-order chi connectivity index (χ0) is 19.1. The van der Waals surface area contributed by atoms with Gasteiger partial charge < -0.3 is 20.5 Å². The van der Waals surface area contributed by atoms with E-state index in [-0.39, 0.29) is 24.1 Å². The minimum absolute atomic E-state index is 0.0265. The number of carboxylic acid groups (broad SMARTS) is 1. The lowest BCUT2D eigenvalue weighted by atomic mass is 9.87. The quantitative estimate of drug-likeness (QED) is 0.613. The number of carbonyl (C=O) groups is 2. The lowest BCUT2D eigenvalue weighted by Crippen LogP contribution is -2.58. The van der Waals surface area contributed by atoms with Gasteiger partial charge in [0.25, 0.3) is 0 Å². The highest BCUT2D eigenvalue weighted by molar-refractivity contribution is 7.09. The van der Waals surface area contributed by atoms with E-state index in [0.29, 0.717) is 18.5 Å². The van der Waals surface area contributed by atoms with Crippen molar-refractivity contribution in [2.75, 3.05) is 0 Å². The first-order valence-corrected chi connectivity index (χ1v) is 9.94. The molecule has 0 unspecified atom stereocenters. The molecule has 2 rings (SSSR count). The van der Waals surface area contributed by atoms with Gasteiger partial charge in [-0.25, -0.2) is 4.79 Å². The number of nitrogens with one attached hydrogen (secondary N) is 2. The van der Waals surface area contributed by atoms with Crippen molar-refractivity contribution in [3.63, 3.8) is 0 Å². The van der Waals surface area contributed by atoms with E-state index in [0.717, 1.165) is 17.7 Å². The second-order valence-electron chi connectivity index (χ2n) is 6.53. The molecule has 0 bridgehead atoms.